The Labute approximate surface area is 184 Å². The lowest BCUT2D eigenvalue weighted by Crippen LogP contribution is -2.13. The van der Waals surface area contributed by atoms with Crippen molar-refractivity contribution in [1.82, 2.24) is 4.57 Å². The first-order valence-electron chi connectivity index (χ1n) is 9.53. The monoisotopic (exact) mass is 463 g/mol. The number of halogens is 1. The van der Waals surface area contributed by atoms with Gasteiger partial charge in [-0.1, -0.05) is 22.0 Å². The van der Waals surface area contributed by atoms with Crippen molar-refractivity contribution < 1.29 is 9.53 Å². The lowest BCUT2D eigenvalue weighted by atomic mass is 10.1. The molecule has 0 radical (unpaired) electrons. The van der Waals surface area contributed by atoms with Crippen LogP contribution >= 0.6 is 15.9 Å². The number of aromatic nitrogens is 1. The molecule has 0 atom stereocenters. The largest absolute Gasteiger partial charge is 0.494 e. The zero-order valence-electron chi connectivity index (χ0n) is 17.1. The number of carbonyl (C=O) groups is 1. The fourth-order valence-electron chi connectivity index (χ4n) is 3.25. The van der Waals surface area contributed by atoms with Gasteiger partial charge in [-0.05, 0) is 74.9 Å². The third-order valence-corrected chi connectivity index (χ3v) is 5.15. The maximum absolute atomic E-state index is 12.7. The number of nitriles is 1. The van der Waals surface area contributed by atoms with E-state index in [4.69, 9.17) is 4.74 Å². The number of anilines is 1. The Morgan fingerprint density at radius 1 is 1.20 bits per heavy atom. The van der Waals surface area contributed by atoms with Gasteiger partial charge in [-0.2, -0.15) is 5.26 Å². The van der Waals surface area contributed by atoms with E-state index < -0.39 is 5.91 Å². The van der Waals surface area contributed by atoms with E-state index >= 15 is 0 Å². The Hall–Kier alpha value is -3.30. The minimum absolute atomic E-state index is 0.0351. The van der Waals surface area contributed by atoms with Crippen molar-refractivity contribution in [2.45, 2.75) is 20.8 Å². The molecule has 1 heterocycles. The maximum Gasteiger partial charge on any atom is 0.266 e. The van der Waals surface area contributed by atoms with Crippen molar-refractivity contribution >= 4 is 33.6 Å². The summed E-state index contributed by atoms with van der Waals surface area (Å²) in [6.07, 6.45) is 1.62. The van der Waals surface area contributed by atoms with E-state index in [0.717, 1.165) is 27.1 Å². The number of hydrogen-bond donors (Lipinski definition) is 1. The molecule has 1 N–H and O–H groups in total. The molecule has 0 aliphatic heterocycles. The number of nitrogens with one attached hydrogen (secondary N) is 1. The highest BCUT2D eigenvalue weighted by Gasteiger charge is 2.14. The number of ether oxygens (including phenoxy) is 1. The van der Waals surface area contributed by atoms with Crippen LogP contribution in [0.2, 0.25) is 0 Å². The van der Waals surface area contributed by atoms with Crippen LogP contribution in [0, 0.1) is 25.2 Å². The summed E-state index contributed by atoms with van der Waals surface area (Å²) in [4.78, 5) is 12.7. The summed E-state index contributed by atoms with van der Waals surface area (Å²) in [5, 5.41) is 12.3. The van der Waals surface area contributed by atoms with E-state index in [1.807, 2.05) is 63.2 Å². The molecule has 0 spiro atoms. The molecule has 2 aromatic carbocycles. The molecule has 3 rings (SSSR count). The highest BCUT2D eigenvalue weighted by atomic mass is 79.9. The lowest BCUT2D eigenvalue weighted by Gasteiger charge is -2.10. The predicted molar refractivity (Wildman–Crippen MR) is 123 cm³/mol. The molecule has 0 aliphatic rings. The molecule has 0 aliphatic carbocycles. The molecule has 152 valence electrons. The van der Waals surface area contributed by atoms with Gasteiger partial charge in [0, 0.05) is 33.3 Å². The van der Waals surface area contributed by atoms with Gasteiger partial charge in [-0.15, -0.1) is 0 Å². The van der Waals surface area contributed by atoms with Gasteiger partial charge in [-0.3, -0.25) is 4.79 Å². The Bertz CT molecular complexity index is 1140. The molecule has 0 unspecified atom stereocenters. The Kier molecular flexibility index (Phi) is 6.76. The van der Waals surface area contributed by atoms with Crippen LogP contribution in [-0.2, 0) is 4.79 Å². The van der Waals surface area contributed by atoms with Crippen LogP contribution in [0.4, 0.5) is 5.69 Å². The average Bonchev–Trinajstić information content (AvgIpc) is 3.00. The normalized spacial score (nSPS) is 11.1. The predicted octanol–water partition coefficient (Wildman–Crippen LogP) is 5.80. The van der Waals surface area contributed by atoms with Crippen LogP contribution in [0.5, 0.6) is 5.75 Å². The number of amides is 1. The summed E-state index contributed by atoms with van der Waals surface area (Å²) < 4.78 is 8.55. The second-order valence-electron chi connectivity index (χ2n) is 6.72. The SMILES string of the molecule is CCOc1cccc(NC(=O)/C(C#N)=C/c2cc(C)n(-c3ccc(Br)cc3)c2C)c1. The Morgan fingerprint density at radius 3 is 2.60 bits per heavy atom. The van der Waals surface area contributed by atoms with Gasteiger partial charge in [0.1, 0.15) is 17.4 Å². The summed E-state index contributed by atoms with van der Waals surface area (Å²) in [5.41, 5.74) is 4.42. The first-order valence-corrected chi connectivity index (χ1v) is 10.3. The van der Waals surface area contributed by atoms with Crippen LogP contribution in [0.3, 0.4) is 0 Å². The first kappa shape index (κ1) is 21.4. The summed E-state index contributed by atoms with van der Waals surface area (Å²) in [7, 11) is 0. The van der Waals surface area contributed by atoms with Gasteiger partial charge in [-0.25, -0.2) is 0 Å². The summed E-state index contributed by atoms with van der Waals surface area (Å²) in [5.74, 6) is 0.204. The number of nitrogens with zero attached hydrogens (tertiary/aromatic N) is 2. The average molecular weight is 464 g/mol. The molecule has 5 nitrogen and oxygen atoms in total. The fraction of sp³-hybridized carbons (Fsp3) is 0.167. The topological polar surface area (TPSA) is 67.0 Å². The smallest absolute Gasteiger partial charge is 0.266 e. The molecule has 1 aromatic heterocycles. The van der Waals surface area contributed by atoms with E-state index in [2.05, 4.69) is 25.8 Å². The third-order valence-electron chi connectivity index (χ3n) is 4.62. The van der Waals surface area contributed by atoms with Crippen LogP contribution in [0.1, 0.15) is 23.9 Å². The third kappa shape index (κ3) is 4.81. The van der Waals surface area contributed by atoms with E-state index in [1.54, 1.807) is 24.3 Å². The van der Waals surface area contributed by atoms with Crippen LogP contribution in [0.25, 0.3) is 11.8 Å². The van der Waals surface area contributed by atoms with E-state index in [-0.39, 0.29) is 5.57 Å². The molecule has 0 bridgehead atoms. The fourth-order valence-corrected chi connectivity index (χ4v) is 3.52. The van der Waals surface area contributed by atoms with Gasteiger partial charge in [0.05, 0.1) is 6.61 Å². The van der Waals surface area contributed by atoms with Gasteiger partial charge >= 0.3 is 0 Å². The zero-order chi connectivity index (χ0) is 21.7. The first-order chi connectivity index (χ1) is 14.4. The van der Waals surface area contributed by atoms with Gasteiger partial charge in [0.2, 0.25) is 0 Å². The zero-order valence-corrected chi connectivity index (χ0v) is 18.7. The highest BCUT2D eigenvalue weighted by molar-refractivity contribution is 9.10. The van der Waals surface area contributed by atoms with Gasteiger partial charge in [0.25, 0.3) is 5.91 Å². The summed E-state index contributed by atoms with van der Waals surface area (Å²) >= 11 is 3.45. The minimum Gasteiger partial charge on any atom is -0.494 e. The minimum atomic E-state index is -0.459. The van der Waals surface area contributed by atoms with Crippen molar-refractivity contribution in [3.8, 4) is 17.5 Å². The lowest BCUT2D eigenvalue weighted by molar-refractivity contribution is -0.112. The van der Waals surface area contributed by atoms with E-state index in [9.17, 15) is 10.1 Å². The van der Waals surface area contributed by atoms with Crippen molar-refractivity contribution in [3.05, 3.63) is 81.6 Å². The Morgan fingerprint density at radius 2 is 1.93 bits per heavy atom. The number of hydrogen-bond acceptors (Lipinski definition) is 3. The molecule has 0 saturated carbocycles. The van der Waals surface area contributed by atoms with Crippen LogP contribution < -0.4 is 10.1 Å². The molecule has 6 heteroatoms. The molecule has 30 heavy (non-hydrogen) atoms. The number of aryl methyl sites for hydroxylation is 1. The molecule has 0 fully saturated rings. The van der Waals surface area contributed by atoms with Crippen LogP contribution in [0.15, 0.2) is 64.6 Å². The Balaban J connectivity index is 1.88. The second-order valence-corrected chi connectivity index (χ2v) is 7.64. The number of rotatable bonds is 6. The van der Waals surface area contributed by atoms with Crippen LogP contribution in [-0.4, -0.2) is 17.1 Å². The molecular formula is C24H22BrN3O2. The van der Waals surface area contributed by atoms with Gasteiger partial charge in [0.15, 0.2) is 0 Å². The summed E-state index contributed by atoms with van der Waals surface area (Å²) in [6.45, 7) is 6.40. The molecule has 0 saturated heterocycles. The second kappa shape index (κ2) is 9.47. The molecule has 1 amide bonds. The number of carbonyl (C=O) groups excluding carboxylic acids is 1. The van der Waals surface area contributed by atoms with E-state index in [1.165, 1.54) is 0 Å². The standard InChI is InChI=1S/C24H22BrN3O2/c1-4-30-23-7-5-6-21(14-23)27-24(29)19(15-26)13-18-12-16(2)28(17(18)3)22-10-8-20(25)9-11-22/h5-14H,4H2,1-3H3,(H,27,29)/b19-13+. The molecular weight excluding hydrogens is 442 g/mol. The molecule has 3 aromatic rings. The summed E-state index contributed by atoms with van der Waals surface area (Å²) in [6, 6.07) is 19.1. The maximum atomic E-state index is 12.7. The van der Waals surface area contributed by atoms with E-state index in [0.29, 0.717) is 18.0 Å². The highest BCUT2D eigenvalue weighted by Crippen LogP contribution is 2.24. The number of benzene rings is 2. The van der Waals surface area contributed by atoms with Crippen molar-refractivity contribution in [1.29, 1.82) is 5.26 Å². The quantitative estimate of drug-likeness (QED) is 0.370. The van der Waals surface area contributed by atoms with Crippen molar-refractivity contribution in [3.63, 3.8) is 0 Å². The van der Waals surface area contributed by atoms with Crippen molar-refractivity contribution in [2.24, 2.45) is 0 Å². The van der Waals surface area contributed by atoms with Gasteiger partial charge < -0.3 is 14.6 Å². The van der Waals surface area contributed by atoms with Crippen molar-refractivity contribution in [2.75, 3.05) is 11.9 Å².